The lowest BCUT2D eigenvalue weighted by molar-refractivity contribution is -0.125. The van der Waals surface area contributed by atoms with E-state index in [1.54, 1.807) is 26.2 Å². The van der Waals surface area contributed by atoms with Crippen molar-refractivity contribution in [1.82, 2.24) is 5.32 Å². The molecule has 2 unspecified atom stereocenters. The van der Waals surface area contributed by atoms with Crippen molar-refractivity contribution in [2.75, 3.05) is 7.11 Å². The van der Waals surface area contributed by atoms with Crippen molar-refractivity contribution in [3.63, 3.8) is 0 Å². The number of hydrogen-bond acceptors (Lipinski definition) is 3. The largest absolute Gasteiger partial charge is 0.495 e. The van der Waals surface area contributed by atoms with Crippen LogP contribution in [0.15, 0.2) is 18.2 Å². The van der Waals surface area contributed by atoms with Gasteiger partial charge in [0.15, 0.2) is 0 Å². The molecule has 3 N–H and O–H groups in total. The number of carbonyl (C=O) groups is 1. The van der Waals surface area contributed by atoms with Crippen LogP contribution >= 0.6 is 24.0 Å². The Morgan fingerprint density at radius 3 is 2.58 bits per heavy atom. The summed E-state index contributed by atoms with van der Waals surface area (Å²) < 4.78 is 5.06. The van der Waals surface area contributed by atoms with E-state index in [4.69, 9.17) is 22.1 Å². The van der Waals surface area contributed by atoms with Crippen LogP contribution in [0.3, 0.4) is 0 Å². The predicted molar refractivity (Wildman–Crippen MR) is 79.9 cm³/mol. The van der Waals surface area contributed by atoms with E-state index in [0.29, 0.717) is 17.3 Å². The Morgan fingerprint density at radius 1 is 1.47 bits per heavy atom. The summed E-state index contributed by atoms with van der Waals surface area (Å²) in [5.41, 5.74) is 6.59. The summed E-state index contributed by atoms with van der Waals surface area (Å²) in [6.45, 7) is 4.05. The number of rotatable bonds is 5. The molecule has 0 saturated carbocycles. The van der Waals surface area contributed by atoms with Gasteiger partial charge in [-0.1, -0.05) is 24.6 Å². The molecule has 0 aromatic heterocycles. The highest BCUT2D eigenvalue weighted by Crippen LogP contribution is 2.24. The highest BCUT2D eigenvalue weighted by Gasteiger charge is 2.16. The van der Waals surface area contributed by atoms with Gasteiger partial charge in [-0.2, -0.15) is 0 Å². The van der Waals surface area contributed by atoms with Gasteiger partial charge in [-0.3, -0.25) is 4.79 Å². The fraction of sp³-hybridized carbons (Fsp3) is 0.462. The van der Waals surface area contributed by atoms with Crippen molar-refractivity contribution in [2.24, 2.45) is 11.7 Å². The normalized spacial score (nSPS) is 13.1. The minimum Gasteiger partial charge on any atom is -0.495 e. The number of methoxy groups -OCH3 is 1. The number of nitrogens with one attached hydrogen (secondary N) is 1. The molecule has 108 valence electrons. The van der Waals surface area contributed by atoms with Crippen LogP contribution in [0.1, 0.15) is 19.4 Å². The molecule has 0 saturated heterocycles. The molecule has 1 amide bonds. The molecule has 19 heavy (non-hydrogen) atoms. The van der Waals surface area contributed by atoms with Crippen LogP contribution in [0.25, 0.3) is 0 Å². The highest BCUT2D eigenvalue weighted by molar-refractivity contribution is 6.32. The third-order valence-corrected chi connectivity index (χ3v) is 3.18. The molecule has 6 heteroatoms. The second-order valence-corrected chi connectivity index (χ2v) is 4.74. The topological polar surface area (TPSA) is 64.3 Å². The zero-order chi connectivity index (χ0) is 13.7. The highest BCUT2D eigenvalue weighted by atomic mass is 35.5. The molecule has 4 nitrogen and oxygen atoms in total. The van der Waals surface area contributed by atoms with Crippen LogP contribution in [0.5, 0.6) is 5.75 Å². The van der Waals surface area contributed by atoms with Crippen molar-refractivity contribution in [1.29, 1.82) is 0 Å². The van der Waals surface area contributed by atoms with E-state index in [1.165, 1.54) is 0 Å². The third kappa shape index (κ3) is 5.27. The predicted octanol–water partition coefficient (Wildman–Crippen LogP) is 2.37. The van der Waals surface area contributed by atoms with Crippen molar-refractivity contribution in [3.05, 3.63) is 28.8 Å². The summed E-state index contributed by atoms with van der Waals surface area (Å²) in [5, 5.41) is 3.36. The lowest BCUT2D eigenvalue weighted by atomic mass is 10.0. The average molecular weight is 307 g/mol. The molecule has 0 aliphatic rings. The number of halogens is 2. The summed E-state index contributed by atoms with van der Waals surface area (Å²) in [6, 6.07) is 5.25. The number of amides is 1. The summed E-state index contributed by atoms with van der Waals surface area (Å²) in [5.74, 6) is 0.353. The zero-order valence-corrected chi connectivity index (χ0v) is 12.8. The van der Waals surface area contributed by atoms with Gasteiger partial charge < -0.3 is 15.8 Å². The first-order valence-electron chi connectivity index (χ1n) is 5.81. The van der Waals surface area contributed by atoms with Gasteiger partial charge in [0.1, 0.15) is 5.75 Å². The average Bonchev–Trinajstić information content (AvgIpc) is 2.35. The number of benzene rings is 1. The molecule has 0 heterocycles. The monoisotopic (exact) mass is 306 g/mol. The SMILES string of the molecule is COc1ccc(CNC(=O)C(C)C(C)N)cc1Cl.Cl. The second kappa shape index (κ2) is 8.25. The smallest absolute Gasteiger partial charge is 0.224 e. The second-order valence-electron chi connectivity index (χ2n) is 4.33. The molecule has 2 atom stereocenters. The first kappa shape index (κ1) is 18.0. The maximum absolute atomic E-state index is 11.7. The van der Waals surface area contributed by atoms with E-state index in [9.17, 15) is 4.79 Å². The quantitative estimate of drug-likeness (QED) is 0.878. The van der Waals surface area contributed by atoms with E-state index in [2.05, 4.69) is 5.32 Å². The number of nitrogens with two attached hydrogens (primary N) is 1. The Bertz CT molecular complexity index is 425. The molecular formula is C13H20Cl2N2O2. The molecule has 1 aromatic rings. The fourth-order valence-electron chi connectivity index (χ4n) is 1.41. The van der Waals surface area contributed by atoms with Crippen LogP contribution in [-0.2, 0) is 11.3 Å². The van der Waals surface area contributed by atoms with E-state index in [1.807, 2.05) is 13.0 Å². The number of carbonyl (C=O) groups excluding carboxylic acids is 1. The van der Waals surface area contributed by atoms with E-state index in [0.717, 1.165) is 5.56 Å². The standard InChI is InChI=1S/C13H19ClN2O2.ClH/c1-8(9(2)15)13(17)16-7-10-4-5-12(18-3)11(14)6-10;/h4-6,8-9H,7,15H2,1-3H3,(H,16,17);1H. The van der Waals surface area contributed by atoms with E-state index >= 15 is 0 Å². The molecule has 0 fully saturated rings. The van der Waals surface area contributed by atoms with E-state index in [-0.39, 0.29) is 30.3 Å². The Balaban J connectivity index is 0.00000324. The van der Waals surface area contributed by atoms with Gasteiger partial charge in [0.25, 0.3) is 0 Å². The van der Waals surface area contributed by atoms with Crippen molar-refractivity contribution in [3.8, 4) is 5.75 Å². The van der Waals surface area contributed by atoms with Gasteiger partial charge in [0.2, 0.25) is 5.91 Å². The van der Waals surface area contributed by atoms with Gasteiger partial charge in [-0.15, -0.1) is 12.4 Å². The van der Waals surface area contributed by atoms with Gasteiger partial charge in [-0.25, -0.2) is 0 Å². The molecule has 1 rings (SSSR count). The summed E-state index contributed by atoms with van der Waals surface area (Å²) in [6.07, 6.45) is 0. The Morgan fingerprint density at radius 2 is 2.11 bits per heavy atom. The van der Waals surface area contributed by atoms with Crippen molar-refractivity contribution >= 4 is 29.9 Å². The summed E-state index contributed by atoms with van der Waals surface area (Å²) >= 11 is 6.00. The van der Waals surface area contributed by atoms with Gasteiger partial charge in [-0.05, 0) is 24.6 Å². The molecule has 0 bridgehead atoms. The lowest BCUT2D eigenvalue weighted by Gasteiger charge is -2.15. The first-order chi connectivity index (χ1) is 8.45. The van der Waals surface area contributed by atoms with Gasteiger partial charge in [0, 0.05) is 18.5 Å². The van der Waals surface area contributed by atoms with Crippen LogP contribution in [0, 0.1) is 5.92 Å². The van der Waals surface area contributed by atoms with E-state index < -0.39 is 0 Å². The summed E-state index contributed by atoms with van der Waals surface area (Å²) in [4.78, 5) is 11.7. The lowest BCUT2D eigenvalue weighted by Crippen LogP contribution is -2.38. The molecule has 1 aromatic carbocycles. The summed E-state index contributed by atoms with van der Waals surface area (Å²) in [7, 11) is 1.56. The Kier molecular flexibility index (Phi) is 7.83. The van der Waals surface area contributed by atoms with Crippen LogP contribution in [0.4, 0.5) is 0 Å². The Labute approximate surface area is 125 Å². The van der Waals surface area contributed by atoms with Crippen LogP contribution in [0.2, 0.25) is 5.02 Å². The molecular weight excluding hydrogens is 287 g/mol. The Hall–Kier alpha value is -0.970. The molecule has 0 radical (unpaired) electrons. The van der Waals surface area contributed by atoms with Gasteiger partial charge >= 0.3 is 0 Å². The minimum atomic E-state index is -0.210. The minimum absolute atomic E-state index is 0. The van der Waals surface area contributed by atoms with Crippen molar-refractivity contribution < 1.29 is 9.53 Å². The molecule has 0 aliphatic heterocycles. The maximum Gasteiger partial charge on any atom is 0.224 e. The van der Waals surface area contributed by atoms with Crippen molar-refractivity contribution in [2.45, 2.75) is 26.4 Å². The van der Waals surface area contributed by atoms with Gasteiger partial charge in [0.05, 0.1) is 12.1 Å². The fourth-order valence-corrected chi connectivity index (χ4v) is 1.69. The number of ether oxygens (including phenoxy) is 1. The van der Waals surface area contributed by atoms with Crippen LogP contribution in [-0.4, -0.2) is 19.1 Å². The molecule has 0 spiro atoms. The molecule has 0 aliphatic carbocycles. The number of hydrogen-bond donors (Lipinski definition) is 2. The van der Waals surface area contributed by atoms with Crippen LogP contribution < -0.4 is 15.8 Å². The maximum atomic E-state index is 11.7. The zero-order valence-electron chi connectivity index (χ0n) is 11.3. The third-order valence-electron chi connectivity index (χ3n) is 2.89. The first-order valence-corrected chi connectivity index (χ1v) is 6.19.